The number of rotatable bonds is 9. The summed E-state index contributed by atoms with van der Waals surface area (Å²) in [6.07, 6.45) is 4.56. The van der Waals surface area contributed by atoms with Gasteiger partial charge < -0.3 is 29.4 Å². The summed E-state index contributed by atoms with van der Waals surface area (Å²) in [6, 6.07) is 0. The fourth-order valence-corrected chi connectivity index (χ4v) is 5.05. The van der Waals surface area contributed by atoms with E-state index in [2.05, 4.69) is 42.5 Å². The molecule has 0 radical (unpaired) electrons. The number of nitrogens with one attached hydrogen (secondary N) is 1. The Hall–Kier alpha value is -2.50. The van der Waals surface area contributed by atoms with Gasteiger partial charge in [0, 0.05) is 7.11 Å². The molecule has 1 saturated carbocycles. The van der Waals surface area contributed by atoms with Gasteiger partial charge in [0.2, 0.25) is 0 Å². The van der Waals surface area contributed by atoms with Crippen LogP contribution in [-0.4, -0.2) is 75.4 Å². The van der Waals surface area contributed by atoms with Gasteiger partial charge in [-0.15, -0.1) is 5.10 Å². The Morgan fingerprint density at radius 1 is 1.42 bits per heavy atom. The number of methoxy groups -OCH3 is 1. The van der Waals surface area contributed by atoms with E-state index in [1.807, 2.05) is 0 Å². The van der Waals surface area contributed by atoms with Crippen molar-refractivity contribution in [3.8, 4) is 0 Å². The van der Waals surface area contributed by atoms with Crippen molar-refractivity contribution in [1.82, 2.24) is 20.3 Å². The molecule has 1 aromatic heterocycles. The average Bonchev–Trinajstić information content (AvgIpc) is 3.61. The number of carboxylic acids is 1. The van der Waals surface area contributed by atoms with E-state index in [1.54, 1.807) is 7.11 Å². The third kappa shape index (κ3) is 5.04. The van der Waals surface area contributed by atoms with Crippen LogP contribution in [0.1, 0.15) is 45.7 Å². The summed E-state index contributed by atoms with van der Waals surface area (Å²) in [6.45, 7) is 6.68. The second-order valence-corrected chi connectivity index (χ2v) is 9.48. The first-order valence-corrected chi connectivity index (χ1v) is 11.2. The van der Waals surface area contributed by atoms with Gasteiger partial charge in [0.05, 0.1) is 31.4 Å². The van der Waals surface area contributed by atoms with E-state index < -0.39 is 23.8 Å². The fourth-order valence-electron chi connectivity index (χ4n) is 5.05. The van der Waals surface area contributed by atoms with E-state index in [1.165, 1.54) is 16.5 Å². The van der Waals surface area contributed by atoms with Gasteiger partial charge in [0.25, 0.3) is 0 Å². The Bertz CT molecular complexity index is 924. The number of amides is 1. The molecule has 1 aliphatic carbocycles. The zero-order valence-corrected chi connectivity index (χ0v) is 19.4. The van der Waals surface area contributed by atoms with Crippen LogP contribution in [0.15, 0.2) is 17.8 Å². The Kier molecular flexibility index (Phi) is 6.47. The Balaban J connectivity index is 1.37. The normalized spacial score (nSPS) is 34.5. The molecule has 0 aromatic carbocycles. The van der Waals surface area contributed by atoms with Gasteiger partial charge in [0.15, 0.2) is 0 Å². The first-order valence-electron chi connectivity index (χ1n) is 11.2. The molecule has 2 saturated heterocycles. The van der Waals surface area contributed by atoms with Crippen LogP contribution in [-0.2, 0) is 36.8 Å². The summed E-state index contributed by atoms with van der Waals surface area (Å²) in [5, 5.41) is 19.0. The molecule has 0 unspecified atom stereocenters. The molecule has 2 aliphatic heterocycles. The number of carbonyl (C=O) groups is 2. The zero-order chi connectivity index (χ0) is 23.8. The molecule has 6 atom stereocenters. The maximum atomic E-state index is 12.5. The Labute approximate surface area is 192 Å². The van der Waals surface area contributed by atoms with Crippen LogP contribution in [0.3, 0.4) is 0 Å². The van der Waals surface area contributed by atoms with Crippen molar-refractivity contribution >= 4 is 12.1 Å². The standard InChI is InChI=1S/C22H32N4O7/c1-13(2)5-6-16-21(3,33-16)19-18(30-4)15(7-8-22(19)12-31-22)32-20(29)23-9-14-10-26(25-24-14)11-17(27)28/h5,10,15-16,18-19H,6-9,11-12H2,1-4H3,(H,23,29)(H,27,28)/t15-,16-,18-,19-,21+,22+/m1/s1. The van der Waals surface area contributed by atoms with Gasteiger partial charge in [0.1, 0.15) is 35.6 Å². The minimum Gasteiger partial charge on any atom is -0.480 e. The molecule has 1 spiro atoms. The molecule has 2 N–H and O–H groups in total. The number of aromatic nitrogens is 3. The summed E-state index contributed by atoms with van der Waals surface area (Å²) >= 11 is 0. The van der Waals surface area contributed by atoms with Crippen LogP contribution in [0.25, 0.3) is 0 Å². The van der Waals surface area contributed by atoms with Crippen LogP contribution < -0.4 is 5.32 Å². The second-order valence-electron chi connectivity index (χ2n) is 9.48. The third-order valence-electron chi connectivity index (χ3n) is 6.79. The number of alkyl carbamates (subject to hydrolysis) is 1. The maximum Gasteiger partial charge on any atom is 0.407 e. The lowest BCUT2D eigenvalue weighted by Crippen LogP contribution is -2.56. The van der Waals surface area contributed by atoms with E-state index in [0.717, 1.165) is 12.8 Å². The zero-order valence-electron chi connectivity index (χ0n) is 19.4. The molecular formula is C22H32N4O7. The van der Waals surface area contributed by atoms with Gasteiger partial charge in [-0.1, -0.05) is 16.9 Å². The SMILES string of the molecule is CO[C@@H]1[C@H](OC(=O)NCc2cn(CC(=O)O)nn2)CC[C@]2(CO2)[C@H]1[C@@]1(C)O[C@@H]1CC=C(C)C. The molecule has 33 heavy (non-hydrogen) atoms. The van der Waals surface area contributed by atoms with Gasteiger partial charge in [-0.2, -0.15) is 0 Å². The lowest BCUT2D eigenvalue weighted by molar-refractivity contribution is -0.137. The summed E-state index contributed by atoms with van der Waals surface area (Å²) in [7, 11) is 1.63. The number of hydrogen-bond donors (Lipinski definition) is 2. The van der Waals surface area contributed by atoms with Crippen molar-refractivity contribution in [3.05, 3.63) is 23.5 Å². The van der Waals surface area contributed by atoms with Crippen LogP contribution >= 0.6 is 0 Å². The van der Waals surface area contributed by atoms with Gasteiger partial charge >= 0.3 is 12.1 Å². The Morgan fingerprint density at radius 3 is 2.82 bits per heavy atom. The van der Waals surface area contributed by atoms with E-state index in [9.17, 15) is 9.59 Å². The quantitative estimate of drug-likeness (QED) is 0.412. The number of nitrogens with zero attached hydrogens (tertiary/aromatic N) is 3. The molecule has 1 aromatic rings. The van der Waals surface area contributed by atoms with Crippen molar-refractivity contribution in [1.29, 1.82) is 0 Å². The van der Waals surface area contributed by atoms with Crippen molar-refractivity contribution in [2.75, 3.05) is 13.7 Å². The number of hydrogen-bond acceptors (Lipinski definition) is 8. The Morgan fingerprint density at radius 2 is 2.18 bits per heavy atom. The van der Waals surface area contributed by atoms with E-state index in [4.69, 9.17) is 24.1 Å². The van der Waals surface area contributed by atoms with Crippen molar-refractivity contribution in [2.45, 2.75) is 82.6 Å². The van der Waals surface area contributed by atoms with E-state index in [0.29, 0.717) is 18.7 Å². The van der Waals surface area contributed by atoms with Crippen LogP contribution in [0.2, 0.25) is 0 Å². The molecule has 11 nitrogen and oxygen atoms in total. The molecule has 3 fully saturated rings. The average molecular weight is 465 g/mol. The minimum absolute atomic E-state index is 0.0481. The van der Waals surface area contributed by atoms with Gasteiger partial charge in [-0.05, 0) is 40.0 Å². The van der Waals surface area contributed by atoms with Crippen molar-refractivity contribution in [3.63, 3.8) is 0 Å². The molecule has 3 aliphatic rings. The molecular weight excluding hydrogens is 432 g/mol. The van der Waals surface area contributed by atoms with Crippen LogP contribution in [0.4, 0.5) is 4.79 Å². The van der Waals surface area contributed by atoms with Crippen LogP contribution in [0, 0.1) is 5.92 Å². The summed E-state index contributed by atoms with van der Waals surface area (Å²) < 4.78 is 24.9. The van der Waals surface area contributed by atoms with Gasteiger partial charge in [-0.25, -0.2) is 9.48 Å². The summed E-state index contributed by atoms with van der Waals surface area (Å²) in [4.78, 5) is 23.3. The summed E-state index contributed by atoms with van der Waals surface area (Å²) in [5.74, 6) is -1.07. The molecule has 11 heteroatoms. The highest BCUT2D eigenvalue weighted by atomic mass is 16.6. The summed E-state index contributed by atoms with van der Waals surface area (Å²) in [5.41, 5.74) is 1.00. The highest BCUT2D eigenvalue weighted by molar-refractivity contribution is 5.67. The van der Waals surface area contributed by atoms with E-state index in [-0.39, 0.29) is 36.8 Å². The lowest BCUT2D eigenvalue weighted by Gasteiger charge is -2.42. The number of epoxide rings is 2. The van der Waals surface area contributed by atoms with E-state index >= 15 is 0 Å². The minimum atomic E-state index is -1.02. The lowest BCUT2D eigenvalue weighted by atomic mass is 9.68. The fraction of sp³-hybridized carbons (Fsp3) is 0.727. The molecule has 3 heterocycles. The molecule has 4 rings (SSSR count). The molecule has 0 bridgehead atoms. The largest absolute Gasteiger partial charge is 0.480 e. The monoisotopic (exact) mass is 464 g/mol. The number of ether oxygens (including phenoxy) is 4. The molecule has 182 valence electrons. The second kappa shape index (κ2) is 9.03. The number of carbonyl (C=O) groups excluding carboxylic acids is 1. The smallest absolute Gasteiger partial charge is 0.407 e. The first kappa shape index (κ1) is 23.7. The highest BCUT2D eigenvalue weighted by Gasteiger charge is 2.72. The predicted octanol–water partition coefficient (Wildman–Crippen LogP) is 1.67. The number of aliphatic carboxylic acids is 1. The van der Waals surface area contributed by atoms with Crippen molar-refractivity contribution in [2.24, 2.45) is 5.92 Å². The first-order chi connectivity index (χ1) is 15.7. The molecule has 1 amide bonds. The topological polar surface area (TPSA) is 141 Å². The number of allylic oxidation sites excluding steroid dienone is 1. The van der Waals surface area contributed by atoms with Crippen molar-refractivity contribution < 1.29 is 33.6 Å². The number of carboxylic acid groups (broad SMARTS) is 1. The maximum absolute atomic E-state index is 12.5. The third-order valence-corrected chi connectivity index (χ3v) is 6.79. The van der Waals surface area contributed by atoms with Gasteiger partial charge in [-0.3, -0.25) is 4.79 Å². The highest BCUT2D eigenvalue weighted by Crippen LogP contribution is 2.59. The predicted molar refractivity (Wildman–Crippen MR) is 114 cm³/mol. The van der Waals surface area contributed by atoms with Crippen LogP contribution in [0.5, 0.6) is 0 Å².